The fraction of sp³-hybridized carbons (Fsp3) is 0.231. The average molecular weight is 700 g/mol. The van der Waals surface area contributed by atoms with E-state index >= 15 is 0 Å². The number of hydrogen-bond acceptors (Lipinski definition) is 7. The van der Waals surface area contributed by atoms with Gasteiger partial charge in [-0.2, -0.15) is 0 Å². The third-order valence-corrected chi connectivity index (χ3v) is 11.2. The number of carbonyl (C=O) groups is 3. The van der Waals surface area contributed by atoms with Crippen molar-refractivity contribution in [3.63, 3.8) is 0 Å². The van der Waals surface area contributed by atoms with Crippen LogP contribution in [0.15, 0.2) is 91.1 Å². The Kier molecular flexibility index (Phi) is 8.65. The number of nitrogens with one attached hydrogen (secondary N) is 2. The fourth-order valence-corrected chi connectivity index (χ4v) is 8.37. The lowest BCUT2D eigenvalue weighted by Gasteiger charge is -2.53. The molecule has 3 aromatic carbocycles. The predicted octanol–water partition coefficient (Wildman–Crippen LogP) is 5.53. The Bertz CT molecular complexity index is 2160. The molecule has 5 aromatic rings. The molecule has 2 fully saturated rings. The maximum atomic E-state index is 14.2. The number of halogens is 1. The first kappa shape index (κ1) is 32.9. The number of aromatic nitrogens is 1. The first-order valence-corrected chi connectivity index (χ1v) is 17.9. The fourth-order valence-electron chi connectivity index (χ4n) is 7.23. The molecule has 0 radical (unpaired) electrons. The van der Waals surface area contributed by atoms with Gasteiger partial charge in [-0.3, -0.25) is 14.4 Å². The maximum absolute atomic E-state index is 14.2. The number of anilines is 4. The van der Waals surface area contributed by atoms with E-state index in [9.17, 15) is 18.8 Å². The first-order chi connectivity index (χ1) is 24.8. The van der Waals surface area contributed by atoms with E-state index in [-0.39, 0.29) is 28.8 Å². The monoisotopic (exact) mass is 699 g/mol. The van der Waals surface area contributed by atoms with E-state index in [1.807, 2.05) is 44.2 Å². The van der Waals surface area contributed by atoms with Gasteiger partial charge in [0.1, 0.15) is 19.5 Å². The zero-order valence-electron chi connectivity index (χ0n) is 28.1. The summed E-state index contributed by atoms with van der Waals surface area (Å²) in [5.74, 6) is -0.606. The molecule has 3 aliphatic heterocycles. The molecule has 256 valence electrons. The van der Waals surface area contributed by atoms with Gasteiger partial charge in [0.25, 0.3) is 17.7 Å². The second-order valence-corrected chi connectivity index (χ2v) is 14.6. The number of fused-ring (bicyclic) bond motifs is 3. The zero-order chi connectivity index (χ0) is 35.1. The molecule has 51 heavy (non-hydrogen) atoms. The number of hydrogen-bond donors (Lipinski definition) is 2. The van der Waals surface area contributed by atoms with E-state index in [1.165, 1.54) is 23.5 Å². The molecule has 2 saturated heterocycles. The van der Waals surface area contributed by atoms with Crippen LogP contribution >= 0.6 is 11.3 Å². The third kappa shape index (κ3) is 6.41. The molecule has 0 aliphatic carbocycles. The zero-order valence-corrected chi connectivity index (χ0v) is 28.9. The Hall–Kier alpha value is -5.33. The summed E-state index contributed by atoms with van der Waals surface area (Å²) in [4.78, 5) is 50.6. The van der Waals surface area contributed by atoms with Crippen LogP contribution in [0.2, 0.25) is 0 Å². The van der Waals surface area contributed by atoms with Crippen LogP contribution in [0, 0.1) is 11.2 Å². The molecule has 0 unspecified atom stereocenters. The lowest BCUT2D eigenvalue weighted by Crippen LogP contribution is -2.59. The van der Waals surface area contributed by atoms with Crippen molar-refractivity contribution < 1.29 is 23.5 Å². The SMILES string of the molecule is Bc1cnc(N2CC3(CCOCC3)C2)c(C(=O)Nc2ccc(C(=O)N3CCc4cc(C(=O)Nc5ccccc5F)sc4-c4ccccc43)cc2)c1. The standard InChI is InChI=1S/C39H35BFN5O4S/c40-26-20-29(35(42-21-26)45-22-39(23-45)14-17-50-18-15-39)36(47)43-27-11-9-24(10-12-27)38(49)46-16-13-25-19-33(37(48)44-31-7-3-2-6-30(31)41)51-34(25)28-5-1-4-8-32(28)46/h1-12,19-21H,13-18,22-23,40H2,(H,43,47)(H,44,48). The Morgan fingerprint density at radius 2 is 1.65 bits per heavy atom. The van der Waals surface area contributed by atoms with Crippen LogP contribution in [0.4, 0.5) is 27.3 Å². The highest BCUT2D eigenvalue weighted by molar-refractivity contribution is 7.17. The maximum Gasteiger partial charge on any atom is 0.265 e. The number of carbonyl (C=O) groups excluding carboxylic acids is 3. The molecule has 8 rings (SSSR count). The molecule has 2 aromatic heterocycles. The highest BCUT2D eigenvalue weighted by atomic mass is 32.1. The number of rotatable bonds is 6. The van der Waals surface area contributed by atoms with Gasteiger partial charge in [-0.25, -0.2) is 9.37 Å². The summed E-state index contributed by atoms with van der Waals surface area (Å²) in [6.45, 7) is 3.69. The predicted molar refractivity (Wildman–Crippen MR) is 201 cm³/mol. The van der Waals surface area contributed by atoms with Crippen molar-refractivity contribution in [2.75, 3.05) is 53.3 Å². The van der Waals surface area contributed by atoms with Crippen LogP contribution in [0.25, 0.3) is 10.4 Å². The van der Waals surface area contributed by atoms with Crippen LogP contribution in [0.5, 0.6) is 0 Å². The number of nitrogens with zero attached hydrogens (tertiary/aromatic N) is 3. The van der Waals surface area contributed by atoms with Crippen LogP contribution in [0.1, 0.15) is 48.8 Å². The molecule has 9 nitrogen and oxygen atoms in total. The molecule has 1 spiro atoms. The Balaban J connectivity index is 0.974. The Morgan fingerprint density at radius 3 is 2.43 bits per heavy atom. The molecule has 5 heterocycles. The topological polar surface area (TPSA) is 104 Å². The van der Waals surface area contributed by atoms with E-state index in [0.29, 0.717) is 40.5 Å². The number of pyridine rings is 1. The summed E-state index contributed by atoms with van der Waals surface area (Å²) < 4.78 is 19.8. The summed E-state index contributed by atoms with van der Waals surface area (Å²) in [7, 11) is 1.92. The van der Waals surface area contributed by atoms with Crippen molar-refractivity contribution >= 4 is 65.2 Å². The van der Waals surface area contributed by atoms with Crippen LogP contribution in [0.3, 0.4) is 0 Å². The van der Waals surface area contributed by atoms with Crippen molar-refractivity contribution in [3.8, 4) is 10.4 Å². The Morgan fingerprint density at radius 1 is 0.902 bits per heavy atom. The van der Waals surface area contributed by atoms with E-state index < -0.39 is 5.82 Å². The second-order valence-electron chi connectivity index (χ2n) is 13.5. The lowest BCUT2D eigenvalue weighted by molar-refractivity contribution is -0.000507. The minimum Gasteiger partial charge on any atom is -0.381 e. The normalized spacial score (nSPS) is 16.0. The number of ether oxygens (including phenoxy) is 1. The lowest BCUT2D eigenvalue weighted by atomic mass is 9.73. The van der Waals surface area contributed by atoms with Gasteiger partial charge in [0, 0.05) is 66.2 Å². The molecule has 12 heteroatoms. The molecule has 3 amide bonds. The summed E-state index contributed by atoms with van der Waals surface area (Å²) >= 11 is 1.33. The van der Waals surface area contributed by atoms with Gasteiger partial charge < -0.3 is 25.2 Å². The van der Waals surface area contributed by atoms with Gasteiger partial charge >= 0.3 is 0 Å². The molecular weight excluding hydrogens is 664 g/mol. The number of benzene rings is 3. The highest BCUT2D eigenvalue weighted by Crippen LogP contribution is 2.43. The van der Waals surface area contributed by atoms with Crippen molar-refractivity contribution in [1.82, 2.24) is 4.98 Å². The molecule has 0 bridgehead atoms. The summed E-state index contributed by atoms with van der Waals surface area (Å²) in [6, 6.07) is 24.4. The quantitative estimate of drug-likeness (QED) is 0.226. The largest absolute Gasteiger partial charge is 0.381 e. The molecular formula is C39H35BFN5O4S. The minimum atomic E-state index is -0.498. The van der Waals surface area contributed by atoms with Gasteiger partial charge in [0.05, 0.1) is 21.8 Å². The van der Waals surface area contributed by atoms with Crippen LogP contribution in [-0.4, -0.2) is 63.4 Å². The van der Waals surface area contributed by atoms with E-state index in [0.717, 1.165) is 66.3 Å². The van der Waals surface area contributed by atoms with Gasteiger partial charge in [-0.05, 0) is 73.4 Å². The molecule has 3 aliphatic rings. The van der Waals surface area contributed by atoms with Gasteiger partial charge in [0.15, 0.2) is 0 Å². The van der Waals surface area contributed by atoms with Gasteiger partial charge in [0.2, 0.25) is 0 Å². The summed E-state index contributed by atoms with van der Waals surface area (Å²) in [5.41, 5.74) is 5.40. The van der Waals surface area contributed by atoms with Gasteiger partial charge in [-0.15, -0.1) is 11.3 Å². The van der Waals surface area contributed by atoms with Crippen molar-refractivity contribution in [2.24, 2.45) is 5.41 Å². The number of para-hydroxylation sites is 2. The highest BCUT2D eigenvalue weighted by Gasteiger charge is 2.45. The van der Waals surface area contributed by atoms with E-state index in [4.69, 9.17) is 4.74 Å². The number of amides is 3. The van der Waals surface area contributed by atoms with Crippen LogP contribution in [-0.2, 0) is 11.2 Å². The second kappa shape index (κ2) is 13.4. The summed E-state index contributed by atoms with van der Waals surface area (Å²) in [5, 5.41) is 5.68. The van der Waals surface area contributed by atoms with Crippen molar-refractivity contribution in [1.29, 1.82) is 0 Å². The smallest absolute Gasteiger partial charge is 0.265 e. The summed E-state index contributed by atoms with van der Waals surface area (Å²) in [6.07, 6.45) is 4.38. The van der Waals surface area contributed by atoms with Crippen LogP contribution < -0.4 is 25.9 Å². The van der Waals surface area contributed by atoms with E-state index in [2.05, 4.69) is 20.5 Å². The molecule has 2 N–H and O–H groups in total. The minimum absolute atomic E-state index is 0.126. The molecule has 0 atom stereocenters. The Labute approximate surface area is 299 Å². The third-order valence-electron chi connectivity index (χ3n) is 9.99. The van der Waals surface area contributed by atoms with E-state index in [1.54, 1.807) is 47.5 Å². The van der Waals surface area contributed by atoms with Crippen molar-refractivity contribution in [3.05, 3.63) is 119 Å². The van der Waals surface area contributed by atoms with Gasteiger partial charge in [-0.1, -0.05) is 41.9 Å². The first-order valence-electron chi connectivity index (χ1n) is 17.1. The average Bonchev–Trinajstić information content (AvgIpc) is 3.50. The molecule has 0 saturated carbocycles. The van der Waals surface area contributed by atoms with Crippen molar-refractivity contribution in [2.45, 2.75) is 19.3 Å². The number of thiophene rings is 1.